The summed E-state index contributed by atoms with van der Waals surface area (Å²) in [5, 5.41) is 14.3. The largest absolute Gasteiger partial charge is 0.489 e. The smallest absolute Gasteiger partial charge is 0.335 e. The molecule has 0 bridgehead atoms. The lowest BCUT2D eigenvalue weighted by Gasteiger charge is -2.11. The van der Waals surface area contributed by atoms with Crippen LogP contribution < -0.4 is 15.4 Å². The van der Waals surface area contributed by atoms with Gasteiger partial charge in [0, 0.05) is 13.0 Å². The van der Waals surface area contributed by atoms with E-state index in [2.05, 4.69) is 10.6 Å². The number of rotatable bonds is 7. The second-order valence-corrected chi connectivity index (χ2v) is 6.31. The molecule has 3 N–H and O–H groups in total. The molecule has 0 saturated carbocycles. The van der Waals surface area contributed by atoms with Gasteiger partial charge in [0.1, 0.15) is 18.4 Å². The number of aromatic carboxylic acids is 1. The average molecular weight is 368 g/mol. The first-order chi connectivity index (χ1) is 13.0. The molecule has 3 rings (SSSR count). The maximum atomic E-state index is 12.0. The van der Waals surface area contributed by atoms with Crippen molar-refractivity contribution in [2.24, 2.45) is 0 Å². The Labute approximate surface area is 156 Å². The Morgan fingerprint density at radius 1 is 1.07 bits per heavy atom. The Morgan fingerprint density at radius 2 is 1.74 bits per heavy atom. The van der Waals surface area contributed by atoms with Crippen LogP contribution in [0, 0.1) is 0 Å². The number of hydrogen-bond acceptors (Lipinski definition) is 4. The molecule has 1 atom stereocenters. The summed E-state index contributed by atoms with van der Waals surface area (Å²) in [4.78, 5) is 34.0. The van der Waals surface area contributed by atoms with Crippen LogP contribution in [-0.4, -0.2) is 28.9 Å². The SMILES string of the molecule is O=C1CC[C@@H](C(=O)NCc2ccc(OCc3ccc(C(=O)O)cc3)cc2)N1. The highest BCUT2D eigenvalue weighted by molar-refractivity contribution is 5.90. The minimum atomic E-state index is -0.958. The van der Waals surface area contributed by atoms with Crippen LogP contribution in [0.1, 0.15) is 34.3 Å². The van der Waals surface area contributed by atoms with E-state index in [1.54, 1.807) is 24.3 Å². The Kier molecular flexibility index (Phi) is 5.71. The molecule has 1 aliphatic heterocycles. The standard InChI is InChI=1S/C20H20N2O5/c23-18-10-9-17(22-18)19(24)21-11-13-3-7-16(8-4-13)27-12-14-1-5-15(6-2-14)20(25)26/h1-8,17H,9-12H2,(H,21,24)(H,22,23)(H,25,26)/t17-/m0/s1. The van der Waals surface area contributed by atoms with Crippen LogP contribution >= 0.6 is 0 Å². The van der Waals surface area contributed by atoms with Crippen molar-refractivity contribution in [2.75, 3.05) is 0 Å². The van der Waals surface area contributed by atoms with Crippen molar-refractivity contribution in [2.45, 2.75) is 32.0 Å². The van der Waals surface area contributed by atoms with Gasteiger partial charge in [-0.3, -0.25) is 9.59 Å². The van der Waals surface area contributed by atoms with Gasteiger partial charge in [0.25, 0.3) is 0 Å². The van der Waals surface area contributed by atoms with Crippen LogP contribution in [0.5, 0.6) is 5.75 Å². The molecule has 7 heteroatoms. The van der Waals surface area contributed by atoms with Crippen LogP contribution in [-0.2, 0) is 22.7 Å². The molecule has 2 amide bonds. The van der Waals surface area contributed by atoms with Gasteiger partial charge in [-0.1, -0.05) is 24.3 Å². The fraction of sp³-hybridized carbons (Fsp3) is 0.250. The monoisotopic (exact) mass is 368 g/mol. The van der Waals surface area contributed by atoms with Gasteiger partial charge in [0.15, 0.2) is 0 Å². The number of hydrogen-bond donors (Lipinski definition) is 3. The lowest BCUT2D eigenvalue weighted by molar-refractivity contribution is -0.125. The van der Waals surface area contributed by atoms with E-state index >= 15 is 0 Å². The van der Waals surface area contributed by atoms with Gasteiger partial charge in [-0.15, -0.1) is 0 Å². The summed E-state index contributed by atoms with van der Waals surface area (Å²) < 4.78 is 5.68. The molecule has 27 heavy (non-hydrogen) atoms. The zero-order valence-corrected chi connectivity index (χ0v) is 14.6. The van der Waals surface area contributed by atoms with Gasteiger partial charge in [0.05, 0.1) is 5.56 Å². The number of amides is 2. The number of carboxylic acid groups (broad SMARTS) is 1. The second kappa shape index (κ2) is 8.35. The van der Waals surface area contributed by atoms with Crippen molar-refractivity contribution in [1.82, 2.24) is 10.6 Å². The zero-order valence-electron chi connectivity index (χ0n) is 14.6. The van der Waals surface area contributed by atoms with Crippen LogP contribution in [0.2, 0.25) is 0 Å². The fourth-order valence-electron chi connectivity index (χ4n) is 2.74. The Balaban J connectivity index is 1.46. The van der Waals surface area contributed by atoms with Crippen LogP contribution in [0.15, 0.2) is 48.5 Å². The summed E-state index contributed by atoms with van der Waals surface area (Å²) in [6, 6.07) is 13.4. The molecule has 0 aromatic heterocycles. The molecule has 1 saturated heterocycles. The highest BCUT2D eigenvalue weighted by Gasteiger charge is 2.26. The molecule has 140 valence electrons. The summed E-state index contributed by atoms with van der Waals surface area (Å²) in [7, 11) is 0. The van der Waals surface area contributed by atoms with E-state index in [1.807, 2.05) is 24.3 Å². The number of carboxylic acids is 1. The van der Waals surface area contributed by atoms with E-state index in [0.717, 1.165) is 11.1 Å². The van der Waals surface area contributed by atoms with Crippen molar-refractivity contribution < 1.29 is 24.2 Å². The molecule has 2 aromatic rings. The lowest BCUT2D eigenvalue weighted by Crippen LogP contribution is -2.41. The topological polar surface area (TPSA) is 105 Å². The van der Waals surface area contributed by atoms with E-state index in [9.17, 15) is 14.4 Å². The quantitative estimate of drug-likeness (QED) is 0.692. The van der Waals surface area contributed by atoms with Crippen LogP contribution in [0.3, 0.4) is 0 Å². The predicted octanol–water partition coefficient (Wildman–Crippen LogP) is 1.86. The lowest BCUT2D eigenvalue weighted by atomic mass is 10.1. The number of carbonyl (C=O) groups is 3. The summed E-state index contributed by atoms with van der Waals surface area (Å²) in [6.07, 6.45) is 0.925. The summed E-state index contributed by atoms with van der Waals surface area (Å²) in [5.74, 6) is -0.545. The van der Waals surface area contributed by atoms with Crippen molar-refractivity contribution in [1.29, 1.82) is 0 Å². The van der Waals surface area contributed by atoms with E-state index in [1.165, 1.54) is 0 Å². The average Bonchev–Trinajstić information content (AvgIpc) is 3.12. The van der Waals surface area contributed by atoms with Gasteiger partial charge < -0.3 is 20.5 Å². The van der Waals surface area contributed by atoms with E-state index in [-0.39, 0.29) is 17.4 Å². The highest BCUT2D eigenvalue weighted by atomic mass is 16.5. The number of benzene rings is 2. The maximum absolute atomic E-state index is 12.0. The molecule has 1 fully saturated rings. The third kappa shape index (κ3) is 5.07. The fourth-order valence-corrected chi connectivity index (χ4v) is 2.74. The third-order valence-electron chi connectivity index (χ3n) is 4.31. The molecule has 0 spiro atoms. The van der Waals surface area contributed by atoms with E-state index in [4.69, 9.17) is 9.84 Å². The molecular weight excluding hydrogens is 348 g/mol. The van der Waals surface area contributed by atoms with Crippen LogP contribution in [0.25, 0.3) is 0 Å². The van der Waals surface area contributed by atoms with E-state index in [0.29, 0.717) is 31.7 Å². The maximum Gasteiger partial charge on any atom is 0.335 e. The molecule has 0 unspecified atom stereocenters. The first-order valence-corrected chi connectivity index (χ1v) is 8.62. The summed E-state index contributed by atoms with van der Waals surface area (Å²) >= 11 is 0. The number of nitrogens with one attached hydrogen (secondary N) is 2. The van der Waals surface area contributed by atoms with Crippen LogP contribution in [0.4, 0.5) is 0 Å². The first kappa shape index (κ1) is 18.4. The molecule has 1 aliphatic rings. The Hall–Kier alpha value is -3.35. The minimum absolute atomic E-state index is 0.0887. The summed E-state index contributed by atoms with van der Waals surface area (Å²) in [6.45, 7) is 0.708. The highest BCUT2D eigenvalue weighted by Crippen LogP contribution is 2.15. The predicted molar refractivity (Wildman–Crippen MR) is 97.2 cm³/mol. The number of carbonyl (C=O) groups excluding carboxylic acids is 2. The van der Waals surface area contributed by atoms with Gasteiger partial charge in [-0.05, 0) is 41.8 Å². The molecule has 1 heterocycles. The molecule has 0 aliphatic carbocycles. The Morgan fingerprint density at radius 3 is 2.33 bits per heavy atom. The van der Waals surface area contributed by atoms with Gasteiger partial charge in [0.2, 0.25) is 11.8 Å². The molecule has 2 aromatic carbocycles. The summed E-state index contributed by atoms with van der Waals surface area (Å²) in [5.41, 5.74) is 2.03. The third-order valence-corrected chi connectivity index (χ3v) is 4.31. The van der Waals surface area contributed by atoms with Crippen molar-refractivity contribution in [3.8, 4) is 5.75 Å². The molecule has 0 radical (unpaired) electrons. The Bertz CT molecular complexity index is 830. The van der Waals surface area contributed by atoms with Crippen molar-refractivity contribution in [3.05, 3.63) is 65.2 Å². The van der Waals surface area contributed by atoms with E-state index < -0.39 is 12.0 Å². The number of ether oxygens (including phenoxy) is 1. The van der Waals surface area contributed by atoms with Crippen molar-refractivity contribution >= 4 is 17.8 Å². The second-order valence-electron chi connectivity index (χ2n) is 6.31. The van der Waals surface area contributed by atoms with Gasteiger partial charge in [-0.25, -0.2) is 4.79 Å². The molecular formula is C20H20N2O5. The van der Waals surface area contributed by atoms with Crippen molar-refractivity contribution in [3.63, 3.8) is 0 Å². The molecule has 7 nitrogen and oxygen atoms in total. The zero-order chi connectivity index (χ0) is 19.2. The first-order valence-electron chi connectivity index (χ1n) is 8.62. The normalized spacial score (nSPS) is 15.9. The van der Waals surface area contributed by atoms with Gasteiger partial charge in [-0.2, -0.15) is 0 Å². The van der Waals surface area contributed by atoms with Gasteiger partial charge >= 0.3 is 5.97 Å². The minimum Gasteiger partial charge on any atom is -0.489 e.